The zero-order chi connectivity index (χ0) is 6.85. The molecule has 1 heterocycles. The lowest BCUT2D eigenvalue weighted by atomic mass is 10.0. The van der Waals surface area contributed by atoms with E-state index in [0.717, 1.165) is 0 Å². The summed E-state index contributed by atoms with van der Waals surface area (Å²) in [5.41, 5.74) is 1.23. The highest BCUT2D eigenvalue weighted by molar-refractivity contribution is 6.08. The van der Waals surface area contributed by atoms with Crippen molar-refractivity contribution in [1.82, 2.24) is 5.32 Å². The molecule has 1 aliphatic heterocycles. The highest BCUT2D eigenvalue weighted by Crippen LogP contribution is 2.04. The molecule has 2 nitrogen and oxygen atoms in total. The molecule has 2 heteroatoms. The number of carbonyl (C=O) groups is 1. The Hall–Kier alpha value is -0.890. The van der Waals surface area contributed by atoms with Gasteiger partial charge < -0.3 is 5.32 Å². The van der Waals surface area contributed by atoms with E-state index in [0.29, 0.717) is 24.2 Å². The third-order valence-corrected chi connectivity index (χ3v) is 1.32. The van der Waals surface area contributed by atoms with Crippen molar-refractivity contribution < 1.29 is 4.79 Å². The second-order valence-electron chi connectivity index (χ2n) is 2.14. The van der Waals surface area contributed by atoms with E-state index in [2.05, 4.69) is 18.5 Å². The Bertz CT molecular complexity index is 163. The molecule has 0 aromatic carbocycles. The summed E-state index contributed by atoms with van der Waals surface area (Å²) in [6.45, 7) is 8.36. The van der Waals surface area contributed by atoms with Gasteiger partial charge in [-0.3, -0.25) is 4.79 Å². The molecule has 1 saturated heterocycles. The number of piperidine rings is 1. The lowest BCUT2D eigenvalue weighted by molar-refractivity contribution is -0.112. The quantitative estimate of drug-likeness (QED) is 0.468. The fraction of sp³-hybridized carbons (Fsp3) is 0.286. The highest BCUT2D eigenvalue weighted by atomic mass is 16.1. The summed E-state index contributed by atoms with van der Waals surface area (Å²) in [7, 11) is 0. The molecular formula is C7H9NO. The minimum Gasteiger partial charge on any atom is -0.308 e. The highest BCUT2D eigenvalue weighted by Gasteiger charge is 2.15. The number of hydrogen-bond donors (Lipinski definition) is 1. The van der Waals surface area contributed by atoms with Crippen molar-refractivity contribution in [2.45, 2.75) is 0 Å². The minimum atomic E-state index is 0.0220. The molecule has 1 aliphatic rings. The summed E-state index contributed by atoms with van der Waals surface area (Å²) in [5.74, 6) is 0.0220. The van der Waals surface area contributed by atoms with Crippen LogP contribution >= 0.6 is 0 Å². The van der Waals surface area contributed by atoms with Crippen molar-refractivity contribution in [1.29, 1.82) is 0 Å². The third-order valence-electron chi connectivity index (χ3n) is 1.32. The smallest absolute Gasteiger partial charge is 0.186 e. The second-order valence-corrected chi connectivity index (χ2v) is 2.14. The second kappa shape index (κ2) is 2.15. The van der Waals surface area contributed by atoms with Crippen LogP contribution in [0.2, 0.25) is 0 Å². The molecule has 0 amide bonds. The van der Waals surface area contributed by atoms with E-state index in [1.807, 2.05) is 0 Å². The predicted molar refractivity (Wildman–Crippen MR) is 36.2 cm³/mol. The lowest BCUT2D eigenvalue weighted by Gasteiger charge is -2.14. The summed E-state index contributed by atoms with van der Waals surface area (Å²) < 4.78 is 0. The van der Waals surface area contributed by atoms with Crippen molar-refractivity contribution >= 4 is 5.78 Å². The van der Waals surface area contributed by atoms with E-state index >= 15 is 0 Å². The fourth-order valence-corrected chi connectivity index (χ4v) is 0.775. The Kier molecular flexibility index (Phi) is 1.49. The minimum absolute atomic E-state index is 0.0220. The lowest BCUT2D eigenvalue weighted by Crippen LogP contribution is -2.31. The van der Waals surface area contributed by atoms with Crippen LogP contribution in [0.3, 0.4) is 0 Å². The van der Waals surface area contributed by atoms with Gasteiger partial charge >= 0.3 is 0 Å². The van der Waals surface area contributed by atoms with Gasteiger partial charge in [0.1, 0.15) is 0 Å². The summed E-state index contributed by atoms with van der Waals surface area (Å²) in [5, 5.41) is 2.99. The van der Waals surface area contributed by atoms with Crippen molar-refractivity contribution in [2.75, 3.05) is 13.1 Å². The van der Waals surface area contributed by atoms with Gasteiger partial charge in [0.2, 0.25) is 0 Å². The largest absolute Gasteiger partial charge is 0.308 e. The average molecular weight is 123 g/mol. The Morgan fingerprint density at radius 1 is 1.22 bits per heavy atom. The van der Waals surface area contributed by atoms with E-state index in [4.69, 9.17) is 0 Å². The summed E-state index contributed by atoms with van der Waals surface area (Å²) in [6, 6.07) is 0. The molecule has 0 radical (unpaired) electrons. The Morgan fingerprint density at radius 2 is 1.67 bits per heavy atom. The molecule has 0 aromatic heterocycles. The van der Waals surface area contributed by atoms with E-state index in [9.17, 15) is 4.79 Å². The van der Waals surface area contributed by atoms with Gasteiger partial charge in [0.25, 0.3) is 0 Å². The molecule has 1 rings (SSSR count). The van der Waals surface area contributed by atoms with Crippen LogP contribution < -0.4 is 5.32 Å². The molecule has 9 heavy (non-hydrogen) atoms. The van der Waals surface area contributed by atoms with Crippen LogP contribution in [0.25, 0.3) is 0 Å². The molecule has 0 aromatic rings. The van der Waals surface area contributed by atoms with Crippen LogP contribution in [0.1, 0.15) is 0 Å². The molecular weight excluding hydrogens is 114 g/mol. The number of rotatable bonds is 0. The molecule has 0 saturated carbocycles. The van der Waals surface area contributed by atoms with Gasteiger partial charge in [0.15, 0.2) is 5.78 Å². The first kappa shape index (κ1) is 6.23. The van der Waals surface area contributed by atoms with Gasteiger partial charge in [0.05, 0.1) is 0 Å². The van der Waals surface area contributed by atoms with Crippen molar-refractivity contribution in [3.63, 3.8) is 0 Å². The van der Waals surface area contributed by atoms with Gasteiger partial charge in [-0.25, -0.2) is 0 Å². The van der Waals surface area contributed by atoms with Crippen molar-refractivity contribution in [3.8, 4) is 0 Å². The first-order valence-electron chi connectivity index (χ1n) is 2.83. The molecule has 48 valence electrons. The predicted octanol–water partition coefficient (Wildman–Crippen LogP) is 0.271. The summed E-state index contributed by atoms with van der Waals surface area (Å²) >= 11 is 0. The summed E-state index contributed by atoms with van der Waals surface area (Å²) in [6.07, 6.45) is 0. The zero-order valence-corrected chi connectivity index (χ0v) is 5.24. The molecule has 0 bridgehead atoms. The van der Waals surface area contributed by atoms with Crippen LogP contribution in [0.5, 0.6) is 0 Å². The molecule has 1 N–H and O–H groups in total. The molecule has 0 aliphatic carbocycles. The maximum Gasteiger partial charge on any atom is 0.186 e. The molecule has 0 atom stereocenters. The Labute approximate surface area is 54.3 Å². The van der Waals surface area contributed by atoms with E-state index < -0.39 is 0 Å². The van der Waals surface area contributed by atoms with Gasteiger partial charge in [-0.15, -0.1) is 0 Å². The van der Waals surface area contributed by atoms with Crippen LogP contribution in [0, 0.1) is 0 Å². The normalized spacial score (nSPS) is 20.7. The summed E-state index contributed by atoms with van der Waals surface area (Å²) in [4.78, 5) is 10.9. The Morgan fingerprint density at radius 3 is 2.00 bits per heavy atom. The first-order valence-corrected chi connectivity index (χ1v) is 2.83. The molecule has 0 spiro atoms. The molecule has 1 fully saturated rings. The molecule has 0 unspecified atom stereocenters. The number of Topliss-reactive ketones (excluding diaryl/α,β-unsaturated/α-hetero) is 1. The van der Waals surface area contributed by atoms with E-state index in [1.165, 1.54) is 0 Å². The number of hydrogen-bond acceptors (Lipinski definition) is 2. The van der Waals surface area contributed by atoms with Crippen molar-refractivity contribution in [2.24, 2.45) is 0 Å². The van der Waals surface area contributed by atoms with Crippen LogP contribution in [-0.4, -0.2) is 18.9 Å². The van der Waals surface area contributed by atoms with E-state index in [1.54, 1.807) is 0 Å². The van der Waals surface area contributed by atoms with Crippen molar-refractivity contribution in [3.05, 3.63) is 24.3 Å². The number of nitrogens with one attached hydrogen (secondary N) is 1. The maximum absolute atomic E-state index is 10.9. The topological polar surface area (TPSA) is 29.1 Å². The monoisotopic (exact) mass is 123 g/mol. The van der Waals surface area contributed by atoms with Gasteiger partial charge in [-0.05, 0) is 0 Å². The number of ketones is 1. The van der Waals surface area contributed by atoms with Gasteiger partial charge in [0, 0.05) is 24.2 Å². The SMILES string of the molecule is C=C1CNCC(=C)C1=O. The van der Waals surface area contributed by atoms with Gasteiger partial charge in [-0.2, -0.15) is 0 Å². The van der Waals surface area contributed by atoms with Crippen LogP contribution in [0.15, 0.2) is 24.3 Å². The fourth-order valence-electron chi connectivity index (χ4n) is 0.775. The van der Waals surface area contributed by atoms with E-state index in [-0.39, 0.29) is 5.78 Å². The standard InChI is InChI=1S/C7H9NO/c1-5-3-8-4-6(2)7(5)9/h8H,1-4H2. The van der Waals surface area contributed by atoms with Gasteiger partial charge in [-0.1, -0.05) is 13.2 Å². The third kappa shape index (κ3) is 1.08. The average Bonchev–Trinajstić information content (AvgIpc) is 1.83. The Balaban J connectivity index is 2.74. The van der Waals surface area contributed by atoms with Crippen LogP contribution in [-0.2, 0) is 4.79 Å². The maximum atomic E-state index is 10.9. The zero-order valence-electron chi connectivity index (χ0n) is 5.24. The number of carbonyl (C=O) groups excluding carboxylic acids is 1. The first-order chi connectivity index (χ1) is 4.22. The van der Waals surface area contributed by atoms with Crippen LogP contribution in [0.4, 0.5) is 0 Å².